The molecule has 15 heteroatoms. The number of ether oxygens (including phenoxy) is 1. The number of aromatic nitrogens is 2. The van der Waals surface area contributed by atoms with E-state index in [0.717, 1.165) is 33.1 Å². The molecule has 0 radical (unpaired) electrons. The average molecular weight is 827 g/mol. The van der Waals surface area contributed by atoms with Crippen molar-refractivity contribution in [2.24, 2.45) is 10.8 Å². The first-order chi connectivity index (χ1) is 27.9. The van der Waals surface area contributed by atoms with E-state index in [0.29, 0.717) is 19.6 Å². The van der Waals surface area contributed by atoms with Crippen LogP contribution in [0.15, 0.2) is 84.4 Å². The lowest BCUT2D eigenvalue weighted by molar-refractivity contribution is -0.133. The number of alkyl carbamates (subject to hydrolysis) is 1. The van der Waals surface area contributed by atoms with Gasteiger partial charge in [0.1, 0.15) is 12.1 Å². The summed E-state index contributed by atoms with van der Waals surface area (Å²) in [4.78, 5) is 67.0. The highest BCUT2D eigenvalue weighted by Gasteiger charge is 2.44. The highest BCUT2D eigenvalue weighted by molar-refractivity contribution is 7.09. The number of aliphatic hydroxyl groups excluding tert-OH is 1. The Kier molecular flexibility index (Phi) is 14.8. The number of carbonyl (C=O) groups excluding carboxylic acids is 4. The standard InChI is InChI=1S/C44H58N8O6S/c1-29-46-33(28-59-29)26-50-22-23-52(42(50)57)38(44(5,6)7)40(55)47-35(24-30-14-10-9-11-15-30)36(53)27-51(49-39(54)37(43(2,3)4)48-41(56)58-8)25-31-17-19-32(20-18-31)34-16-12-13-21-45-34/h9-21,28,35-38,53H,22-27H2,1-8H3,(H,47,55)(H,48,56)(H,49,54). The third kappa shape index (κ3) is 12.3. The normalized spacial score (nSPS) is 15.4. The lowest BCUT2D eigenvalue weighted by Gasteiger charge is -2.38. The Hall–Kier alpha value is -5.38. The van der Waals surface area contributed by atoms with Gasteiger partial charge in [-0.25, -0.2) is 19.6 Å². The van der Waals surface area contributed by atoms with Crippen LogP contribution in [0.3, 0.4) is 0 Å². The number of aryl methyl sites for hydroxylation is 1. The quantitative estimate of drug-likeness (QED) is 0.106. The number of nitrogens with zero attached hydrogens (tertiary/aromatic N) is 5. The largest absolute Gasteiger partial charge is 0.453 e. The highest BCUT2D eigenvalue weighted by atomic mass is 32.1. The molecule has 316 valence electrons. The van der Waals surface area contributed by atoms with Gasteiger partial charge in [0, 0.05) is 43.3 Å². The molecule has 0 aliphatic carbocycles. The van der Waals surface area contributed by atoms with E-state index in [9.17, 15) is 24.3 Å². The zero-order chi connectivity index (χ0) is 42.9. The van der Waals surface area contributed by atoms with E-state index in [2.05, 4.69) is 26.0 Å². The number of nitrogens with one attached hydrogen (secondary N) is 3. The molecule has 0 spiro atoms. The Morgan fingerprint density at radius 1 is 0.898 bits per heavy atom. The Labute approximate surface area is 351 Å². The fourth-order valence-corrected chi connectivity index (χ4v) is 7.79. The molecule has 5 rings (SSSR count). The van der Waals surface area contributed by atoms with Gasteiger partial charge >= 0.3 is 12.1 Å². The first-order valence-corrected chi connectivity index (χ1v) is 20.7. The first-order valence-electron chi connectivity index (χ1n) is 19.8. The number of pyridine rings is 1. The van der Waals surface area contributed by atoms with Gasteiger partial charge < -0.3 is 30.3 Å². The topological polar surface area (TPSA) is 169 Å². The molecule has 4 atom stereocenters. The van der Waals surface area contributed by atoms with E-state index in [1.807, 2.05) is 127 Å². The lowest BCUT2D eigenvalue weighted by atomic mass is 9.84. The number of methoxy groups -OCH3 is 1. The molecule has 14 nitrogen and oxygen atoms in total. The molecule has 0 saturated carbocycles. The van der Waals surface area contributed by atoms with Gasteiger partial charge in [0.25, 0.3) is 5.91 Å². The molecule has 4 unspecified atom stereocenters. The SMILES string of the molecule is COC(=O)NC(C(=O)NN(Cc1ccc(-c2ccccn2)cc1)CC(O)C(Cc1ccccc1)NC(=O)C(N1CCN(Cc2csc(C)n2)C1=O)C(C)(C)C)C(C)(C)C. The Bertz CT molecular complexity index is 2020. The van der Waals surface area contributed by atoms with E-state index in [1.165, 1.54) is 18.4 Å². The van der Waals surface area contributed by atoms with Crippen molar-refractivity contribution in [3.05, 3.63) is 106 Å². The van der Waals surface area contributed by atoms with Crippen molar-refractivity contribution in [2.45, 2.75) is 92.2 Å². The van der Waals surface area contributed by atoms with Crippen molar-refractivity contribution < 1.29 is 29.0 Å². The Morgan fingerprint density at radius 2 is 1.59 bits per heavy atom. The zero-order valence-electron chi connectivity index (χ0n) is 35.3. The van der Waals surface area contributed by atoms with E-state index < -0.39 is 53.0 Å². The number of carbonyl (C=O) groups is 4. The van der Waals surface area contributed by atoms with Crippen LogP contribution in [-0.2, 0) is 33.8 Å². The molecule has 0 bridgehead atoms. The van der Waals surface area contributed by atoms with Gasteiger partial charge in [-0.15, -0.1) is 11.3 Å². The van der Waals surface area contributed by atoms with Crippen LogP contribution in [-0.4, -0.2) is 105 Å². The highest BCUT2D eigenvalue weighted by Crippen LogP contribution is 2.29. The summed E-state index contributed by atoms with van der Waals surface area (Å²) in [5.41, 5.74) is 5.82. The zero-order valence-corrected chi connectivity index (χ0v) is 36.1. The summed E-state index contributed by atoms with van der Waals surface area (Å²) >= 11 is 1.53. The van der Waals surface area contributed by atoms with Crippen molar-refractivity contribution in [3.63, 3.8) is 0 Å². The molecule has 59 heavy (non-hydrogen) atoms. The van der Waals surface area contributed by atoms with Crippen molar-refractivity contribution in [3.8, 4) is 11.3 Å². The number of urea groups is 1. The molecule has 3 heterocycles. The molecule has 2 aromatic heterocycles. The predicted molar refractivity (Wildman–Crippen MR) is 228 cm³/mol. The van der Waals surface area contributed by atoms with Crippen molar-refractivity contribution in [1.82, 2.24) is 40.8 Å². The van der Waals surface area contributed by atoms with Crippen LogP contribution < -0.4 is 16.1 Å². The fourth-order valence-electron chi connectivity index (χ4n) is 7.19. The fraction of sp³-hybridized carbons (Fsp3) is 0.455. The molecule has 2 aromatic carbocycles. The van der Waals surface area contributed by atoms with Crippen molar-refractivity contribution in [2.75, 3.05) is 26.7 Å². The van der Waals surface area contributed by atoms with Gasteiger partial charge in [0.05, 0.1) is 42.2 Å². The second-order valence-corrected chi connectivity index (χ2v) is 18.2. The predicted octanol–water partition coefficient (Wildman–Crippen LogP) is 5.56. The first kappa shape index (κ1) is 44.7. The number of hydrogen-bond donors (Lipinski definition) is 4. The smallest absolute Gasteiger partial charge is 0.407 e. The Morgan fingerprint density at radius 3 is 2.19 bits per heavy atom. The van der Waals surface area contributed by atoms with Gasteiger partial charge in [0.15, 0.2) is 0 Å². The summed E-state index contributed by atoms with van der Waals surface area (Å²) in [6.45, 7) is 14.4. The number of benzene rings is 2. The van der Waals surface area contributed by atoms with Crippen LogP contribution in [0, 0.1) is 17.8 Å². The molecule has 5 amide bonds. The minimum Gasteiger partial charge on any atom is -0.453 e. The summed E-state index contributed by atoms with van der Waals surface area (Å²) in [5, 5.41) is 22.4. The van der Waals surface area contributed by atoms with E-state index in [4.69, 9.17) is 4.74 Å². The van der Waals surface area contributed by atoms with E-state index in [-0.39, 0.29) is 25.5 Å². The third-order valence-corrected chi connectivity index (χ3v) is 11.0. The van der Waals surface area contributed by atoms with Crippen LogP contribution in [0.5, 0.6) is 0 Å². The van der Waals surface area contributed by atoms with E-state index in [1.54, 1.807) is 21.0 Å². The number of aliphatic hydroxyl groups is 1. The molecule has 4 aromatic rings. The minimum absolute atomic E-state index is 0.107. The van der Waals surface area contributed by atoms with E-state index >= 15 is 0 Å². The molecule has 1 saturated heterocycles. The number of hydrogen-bond acceptors (Lipinski definition) is 10. The Balaban J connectivity index is 1.41. The van der Waals surface area contributed by atoms with Gasteiger partial charge in [-0.2, -0.15) is 0 Å². The summed E-state index contributed by atoms with van der Waals surface area (Å²) in [7, 11) is 1.23. The second kappa shape index (κ2) is 19.6. The minimum atomic E-state index is -1.21. The number of thiazole rings is 1. The summed E-state index contributed by atoms with van der Waals surface area (Å²) in [6, 6.07) is 20.0. The van der Waals surface area contributed by atoms with Gasteiger partial charge in [0.2, 0.25) is 5.91 Å². The number of hydrazine groups is 1. The maximum absolute atomic E-state index is 14.5. The number of rotatable bonds is 16. The summed E-state index contributed by atoms with van der Waals surface area (Å²) in [5.74, 6) is -0.908. The molecular weight excluding hydrogens is 769 g/mol. The van der Waals surface area contributed by atoms with Crippen molar-refractivity contribution >= 4 is 35.3 Å². The molecular formula is C44H58N8O6S. The van der Waals surface area contributed by atoms with Crippen LogP contribution in [0.1, 0.15) is 63.4 Å². The molecule has 4 N–H and O–H groups in total. The van der Waals surface area contributed by atoms with Crippen molar-refractivity contribution in [1.29, 1.82) is 0 Å². The number of amides is 5. The summed E-state index contributed by atoms with van der Waals surface area (Å²) < 4.78 is 4.83. The molecule has 1 aliphatic rings. The van der Waals surface area contributed by atoms with Gasteiger partial charge in [-0.3, -0.25) is 20.0 Å². The monoisotopic (exact) mass is 826 g/mol. The average Bonchev–Trinajstić information content (AvgIpc) is 3.76. The van der Waals surface area contributed by atoms with Crippen LogP contribution in [0.4, 0.5) is 9.59 Å². The molecule has 1 aliphatic heterocycles. The lowest BCUT2D eigenvalue weighted by Crippen LogP contribution is -2.61. The van der Waals surface area contributed by atoms with Gasteiger partial charge in [-0.1, -0.05) is 102 Å². The van der Waals surface area contributed by atoms with Crippen LogP contribution >= 0.6 is 11.3 Å². The second-order valence-electron chi connectivity index (χ2n) is 17.1. The maximum Gasteiger partial charge on any atom is 0.407 e. The van der Waals surface area contributed by atoms with Crippen LogP contribution in [0.2, 0.25) is 0 Å². The van der Waals surface area contributed by atoms with Crippen LogP contribution in [0.25, 0.3) is 11.3 Å². The third-order valence-electron chi connectivity index (χ3n) is 10.2. The molecule has 1 fully saturated rings. The summed E-state index contributed by atoms with van der Waals surface area (Å²) in [6.07, 6.45) is 0.0251. The van der Waals surface area contributed by atoms with Gasteiger partial charge in [-0.05, 0) is 47.4 Å². The maximum atomic E-state index is 14.5.